The molecule has 3 heteroatoms. The minimum absolute atomic E-state index is 0.600. The molecule has 19 heavy (non-hydrogen) atoms. The van der Waals surface area contributed by atoms with Gasteiger partial charge >= 0.3 is 0 Å². The lowest BCUT2D eigenvalue weighted by atomic mass is 9.87. The average Bonchev–Trinajstić information content (AvgIpc) is 2.85. The summed E-state index contributed by atoms with van der Waals surface area (Å²) >= 11 is 0. The van der Waals surface area contributed by atoms with Crippen LogP contribution in [0.1, 0.15) is 38.2 Å². The fraction of sp³-hybridized carbons (Fsp3) is 0.625. The molecular formula is C16H23NO2. The Morgan fingerprint density at radius 1 is 1.21 bits per heavy atom. The van der Waals surface area contributed by atoms with Crippen LogP contribution in [0.4, 0.5) is 0 Å². The van der Waals surface area contributed by atoms with Crippen molar-refractivity contribution in [2.75, 3.05) is 19.8 Å². The largest absolute Gasteiger partial charge is 0.486 e. The predicted molar refractivity (Wildman–Crippen MR) is 76.0 cm³/mol. The molecule has 2 heterocycles. The Kier molecular flexibility index (Phi) is 3.65. The Balaban J connectivity index is 1.81. The van der Waals surface area contributed by atoms with Gasteiger partial charge in [0.2, 0.25) is 0 Å². The third kappa shape index (κ3) is 2.71. The predicted octanol–water partition coefficient (Wildman–Crippen LogP) is 2.95. The Morgan fingerprint density at radius 3 is 2.79 bits per heavy atom. The average molecular weight is 261 g/mol. The zero-order valence-electron chi connectivity index (χ0n) is 11.8. The first-order valence-corrected chi connectivity index (χ1v) is 7.37. The van der Waals surface area contributed by atoms with Crippen LogP contribution in [0.25, 0.3) is 0 Å². The van der Waals surface area contributed by atoms with Gasteiger partial charge in [-0.05, 0) is 43.0 Å². The van der Waals surface area contributed by atoms with Crippen LogP contribution in [0.2, 0.25) is 0 Å². The first-order chi connectivity index (χ1) is 9.24. The number of ether oxygens (including phenoxy) is 2. The molecule has 1 N–H and O–H groups in total. The molecule has 2 atom stereocenters. The molecule has 0 radical (unpaired) electrons. The van der Waals surface area contributed by atoms with Crippen LogP contribution in [-0.2, 0) is 0 Å². The Hall–Kier alpha value is -1.22. The maximum Gasteiger partial charge on any atom is 0.161 e. The molecule has 1 saturated heterocycles. The molecule has 0 bridgehead atoms. The summed E-state index contributed by atoms with van der Waals surface area (Å²) in [6, 6.07) is 7.05. The Labute approximate surface area is 115 Å². The van der Waals surface area contributed by atoms with Crippen LogP contribution in [-0.4, -0.2) is 25.8 Å². The fourth-order valence-corrected chi connectivity index (χ4v) is 3.21. The minimum atomic E-state index is 0.600. The molecule has 0 aromatic heterocycles. The van der Waals surface area contributed by atoms with Crippen molar-refractivity contribution in [2.24, 2.45) is 5.92 Å². The van der Waals surface area contributed by atoms with Gasteiger partial charge in [-0.2, -0.15) is 0 Å². The summed E-state index contributed by atoms with van der Waals surface area (Å²) in [5.41, 5.74) is 1.39. The van der Waals surface area contributed by atoms with Crippen molar-refractivity contribution >= 4 is 0 Å². The van der Waals surface area contributed by atoms with E-state index in [1.807, 2.05) is 0 Å². The van der Waals surface area contributed by atoms with Gasteiger partial charge in [-0.15, -0.1) is 0 Å². The van der Waals surface area contributed by atoms with E-state index in [1.54, 1.807) is 0 Å². The van der Waals surface area contributed by atoms with Crippen molar-refractivity contribution in [3.63, 3.8) is 0 Å². The molecule has 3 nitrogen and oxygen atoms in total. The maximum absolute atomic E-state index is 5.69. The first kappa shape index (κ1) is 12.8. The van der Waals surface area contributed by atoms with E-state index in [1.165, 1.54) is 18.4 Å². The zero-order valence-corrected chi connectivity index (χ0v) is 11.8. The zero-order chi connectivity index (χ0) is 13.2. The summed E-state index contributed by atoms with van der Waals surface area (Å²) in [5.74, 6) is 3.15. The number of hydrogen-bond acceptors (Lipinski definition) is 3. The molecule has 2 aliphatic heterocycles. The van der Waals surface area contributed by atoms with Crippen LogP contribution < -0.4 is 14.8 Å². The monoisotopic (exact) mass is 261 g/mol. The molecule has 2 unspecified atom stereocenters. The number of rotatable bonds is 3. The van der Waals surface area contributed by atoms with Gasteiger partial charge in [0.1, 0.15) is 13.2 Å². The third-order valence-corrected chi connectivity index (χ3v) is 4.07. The smallest absolute Gasteiger partial charge is 0.161 e. The SMILES string of the molecule is CC(C)CC1NCCC1c1ccc2c(c1)OCCO2. The number of hydrogen-bond donors (Lipinski definition) is 1. The van der Waals surface area contributed by atoms with Gasteiger partial charge in [-0.3, -0.25) is 0 Å². The number of nitrogens with one attached hydrogen (secondary N) is 1. The van der Waals surface area contributed by atoms with E-state index < -0.39 is 0 Å². The van der Waals surface area contributed by atoms with Crippen molar-refractivity contribution in [3.05, 3.63) is 23.8 Å². The topological polar surface area (TPSA) is 30.5 Å². The molecule has 2 aliphatic rings. The van der Waals surface area contributed by atoms with Crippen molar-refractivity contribution in [3.8, 4) is 11.5 Å². The first-order valence-electron chi connectivity index (χ1n) is 7.37. The van der Waals surface area contributed by atoms with E-state index >= 15 is 0 Å². The van der Waals surface area contributed by atoms with Crippen molar-refractivity contribution < 1.29 is 9.47 Å². The van der Waals surface area contributed by atoms with E-state index in [2.05, 4.69) is 37.4 Å². The maximum atomic E-state index is 5.69. The molecule has 104 valence electrons. The summed E-state index contributed by atoms with van der Waals surface area (Å²) in [4.78, 5) is 0. The second-order valence-electron chi connectivity index (χ2n) is 5.99. The summed E-state index contributed by atoms with van der Waals surface area (Å²) in [5, 5.41) is 3.64. The van der Waals surface area contributed by atoms with Gasteiger partial charge < -0.3 is 14.8 Å². The molecule has 3 rings (SSSR count). The highest BCUT2D eigenvalue weighted by Gasteiger charge is 2.29. The fourth-order valence-electron chi connectivity index (χ4n) is 3.21. The van der Waals surface area contributed by atoms with Crippen LogP contribution in [0.15, 0.2) is 18.2 Å². The highest BCUT2D eigenvalue weighted by Crippen LogP contribution is 2.37. The normalized spacial score (nSPS) is 25.8. The lowest BCUT2D eigenvalue weighted by Gasteiger charge is -2.24. The number of benzene rings is 1. The quantitative estimate of drug-likeness (QED) is 0.907. The van der Waals surface area contributed by atoms with Crippen molar-refractivity contribution in [1.82, 2.24) is 5.32 Å². The minimum Gasteiger partial charge on any atom is -0.486 e. The van der Waals surface area contributed by atoms with E-state index in [0.29, 0.717) is 25.2 Å². The summed E-state index contributed by atoms with van der Waals surface area (Å²) < 4.78 is 11.3. The second kappa shape index (κ2) is 5.41. The van der Waals surface area contributed by atoms with Gasteiger partial charge in [-0.25, -0.2) is 0 Å². The summed E-state index contributed by atoms with van der Waals surface area (Å²) in [6.07, 6.45) is 2.45. The highest BCUT2D eigenvalue weighted by atomic mass is 16.6. The van der Waals surface area contributed by atoms with Gasteiger partial charge in [0.15, 0.2) is 11.5 Å². The van der Waals surface area contributed by atoms with E-state index in [9.17, 15) is 0 Å². The standard InChI is InChI=1S/C16H23NO2/c1-11(2)9-14-13(5-6-17-14)12-3-4-15-16(10-12)19-8-7-18-15/h3-4,10-11,13-14,17H,5-9H2,1-2H3. The Morgan fingerprint density at radius 2 is 2.00 bits per heavy atom. The van der Waals surface area contributed by atoms with Crippen molar-refractivity contribution in [1.29, 1.82) is 0 Å². The Bertz CT molecular complexity index is 444. The van der Waals surface area contributed by atoms with Crippen molar-refractivity contribution in [2.45, 2.75) is 38.6 Å². The molecule has 1 aromatic rings. The van der Waals surface area contributed by atoms with Crippen LogP contribution >= 0.6 is 0 Å². The van der Waals surface area contributed by atoms with Crippen LogP contribution in [0, 0.1) is 5.92 Å². The van der Waals surface area contributed by atoms with Crippen LogP contribution in [0.3, 0.4) is 0 Å². The third-order valence-electron chi connectivity index (χ3n) is 4.07. The molecular weight excluding hydrogens is 238 g/mol. The molecule has 1 fully saturated rings. The molecule has 0 saturated carbocycles. The van der Waals surface area contributed by atoms with E-state index in [0.717, 1.165) is 24.0 Å². The van der Waals surface area contributed by atoms with Gasteiger partial charge in [-0.1, -0.05) is 19.9 Å². The van der Waals surface area contributed by atoms with E-state index in [4.69, 9.17) is 9.47 Å². The second-order valence-corrected chi connectivity index (χ2v) is 5.99. The highest BCUT2D eigenvalue weighted by molar-refractivity contribution is 5.45. The number of fused-ring (bicyclic) bond motifs is 1. The molecule has 0 amide bonds. The lowest BCUT2D eigenvalue weighted by Crippen LogP contribution is -2.27. The summed E-state index contributed by atoms with van der Waals surface area (Å²) in [7, 11) is 0. The lowest BCUT2D eigenvalue weighted by molar-refractivity contribution is 0.171. The van der Waals surface area contributed by atoms with Gasteiger partial charge in [0.25, 0.3) is 0 Å². The molecule has 0 spiro atoms. The summed E-state index contributed by atoms with van der Waals surface area (Å²) in [6.45, 7) is 7.03. The van der Waals surface area contributed by atoms with Gasteiger partial charge in [0, 0.05) is 12.0 Å². The molecule has 1 aromatic carbocycles. The van der Waals surface area contributed by atoms with Gasteiger partial charge in [0.05, 0.1) is 0 Å². The molecule has 0 aliphatic carbocycles. The van der Waals surface area contributed by atoms with E-state index in [-0.39, 0.29) is 0 Å². The van der Waals surface area contributed by atoms with Crippen LogP contribution in [0.5, 0.6) is 11.5 Å².